The van der Waals surface area contributed by atoms with Crippen molar-refractivity contribution in [2.45, 2.75) is 6.42 Å². The summed E-state index contributed by atoms with van der Waals surface area (Å²) in [5.74, 6) is 2.42. The summed E-state index contributed by atoms with van der Waals surface area (Å²) in [7, 11) is 1.75. The van der Waals surface area contributed by atoms with E-state index < -0.39 is 0 Å². The van der Waals surface area contributed by atoms with Gasteiger partial charge in [0.2, 0.25) is 6.79 Å². The molecule has 0 saturated carbocycles. The number of nitrogens with one attached hydrogen (secondary N) is 2. The summed E-state index contributed by atoms with van der Waals surface area (Å²) in [5, 5.41) is 6.36. The highest BCUT2D eigenvalue weighted by atomic mass is 127. The third-order valence-corrected chi connectivity index (χ3v) is 2.78. The highest BCUT2D eigenvalue weighted by molar-refractivity contribution is 14.0. The van der Waals surface area contributed by atoms with Crippen LogP contribution in [-0.4, -0.2) is 32.9 Å². The Morgan fingerprint density at radius 2 is 2.15 bits per heavy atom. The first-order valence-electron chi connectivity index (χ1n) is 6.27. The van der Waals surface area contributed by atoms with E-state index in [-0.39, 0.29) is 24.0 Å². The fourth-order valence-electron chi connectivity index (χ4n) is 1.81. The minimum absolute atomic E-state index is 0. The zero-order chi connectivity index (χ0) is 13.5. The van der Waals surface area contributed by atoms with Crippen molar-refractivity contribution >= 4 is 29.9 Å². The van der Waals surface area contributed by atoms with Crippen LogP contribution in [0.25, 0.3) is 0 Å². The van der Waals surface area contributed by atoms with Gasteiger partial charge in [-0.2, -0.15) is 0 Å². The lowest BCUT2D eigenvalue weighted by Gasteiger charge is -2.10. The third kappa shape index (κ3) is 4.59. The van der Waals surface area contributed by atoms with E-state index in [0.29, 0.717) is 13.3 Å². The summed E-state index contributed by atoms with van der Waals surface area (Å²) in [5.41, 5.74) is 1.20. The van der Waals surface area contributed by atoms with Gasteiger partial charge in [0.05, 0.1) is 0 Å². The molecule has 0 aliphatic carbocycles. The SMILES string of the molecule is C=CCNC(=NC)NCCc1ccc2c(c1)OCO2.I. The van der Waals surface area contributed by atoms with E-state index in [1.165, 1.54) is 5.56 Å². The maximum absolute atomic E-state index is 5.35. The van der Waals surface area contributed by atoms with Crippen LogP contribution < -0.4 is 20.1 Å². The van der Waals surface area contributed by atoms with Crippen molar-refractivity contribution in [3.05, 3.63) is 36.4 Å². The first-order valence-corrected chi connectivity index (χ1v) is 6.27. The Kier molecular flexibility index (Phi) is 7.21. The molecule has 0 amide bonds. The van der Waals surface area contributed by atoms with E-state index in [4.69, 9.17) is 9.47 Å². The highest BCUT2D eigenvalue weighted by Crippen LogP contribution is 2.32. The molecule has 1 aliphatic rings. The lowest BCUT2D eigenvalue weighted by atomic mass is 10.1. The molecule has 110 valence electrons. The number of halogens is 1. The molecule has 0 unspecified atom stereocenters. The van der Waals surface area contributed by atoms with Gasteiger partial charge in [0.25, 0.3) is 0 Å². The van der Waals surface area contributed by atoms with E-state index >= 15 is 0 Å². The Morgan fingerprint density at radius 3 is 2.90 bits per heavy atom. The molecule has 0 spiro atoms. The fourth-order valence-corrected chi connectivity index (χ4v) is 1.81. The van der Waals surface area contributed by atoms with E-state index in [2.05, 4.69) is 28.3 Å². The largest absolute Gasteiger partial charge is 0.454 e. The van der Waals surface area contributed by atoms with Crippen LogP contribution in [0.5, 0.6) is 11.5 Å². The van der Waals surface area contributed by atoms with Crippen molar-refractivity contribution in [3.63, 3.8) is 0 Å². The predicted molar refractivity (Wildman–Crippen MR) is 91.2 cm³/mol. The molecule has 1 aliphatic heterocycles. The van der Waals surface area contributed by atoms with Gasteiger partial charge in [0, 0.05) is 20.1 Å². The van der Waals surface area contributed by atoms with Crippen LogP contribution in [0.2, 0.25) is 0 Å². The van der Waals surface area contributed by atoms with Crippen LogP contribution >= 0.6 is 24.0 Å². The van der Waals surface area contributed by atoms with Crippen LogP contribution in [0, 0.1) is 0 Å². The molecule has 20 heavy (non-hydrogen) atoms. The van der Waals surface area contributed by atoms with Crippen molar-refractivity contribution in [2.24, 2.45) is 4.99 Å². The van der Waals surface area contributed by atoms with Crippen LogP contribution in [0.15, 0.2) is 35.8 Å². The summed E-state index contributed by atoms with van der Waals surface area (Å²) >= 11 is 0. The summed E-state index contributed by atoms with van der Waals surface area (Å²) < 4.78 is 10.6. The van der Waals surface area contributed by atoms with Crippen LogP contribution in [0.3, 0.4) is 0 Å². The Labute approximate surface area is 136 Å². The molecule has 0 radical (unpaired) electrons. The standard InChI is InChI=1S/C14H19N3O2.HI/c1-3-7-16-14(15-2)17-8-6-11-4-5-12-13(9-11)19-10-18-12;/h3-5,9H,1,6-8,10H2,2H3,(H2,15,16,17);1H. The first kappa shape index (κ1) is 16.6. The molecular formula is C14H20IN3O2. The molecular weight excluding hydrogens is 369 g/mol. The van der Waals surface area contributed by atoms with Crippen molar-refractivity contribution in [2.75, 3.05) is 26.9 Å². The van der Waals surface area contributed by atoms with Crippen molar-refractivity contribution in [1.82, 2.24) is 10.6 Å². The van der Waals surface area contributed by atoms with Crippen molar-refractivity contribution in [3.8, 4) is 11.5 Å². The van der Waals surface area contributed by atoms with Gasteiger partial charge in [0.15, 0.2) is 17.5 Å². The third-order valence-electron chi connectivity index (χ3n) is 2.78. The number of hydrogen-bond acceptors (Lipinski definition) is 3. The van der Waals surface area contributed by atoms with Gasteiger partial charge in [-0.3, -0.25) is 4.99 Å². The van der Waals surface area contributed by atoms with Gasteiger partial charge in [-0.25, -0.2) is 0 Å². The summed E-state index contributed by atoms with van der Waals surface area (Å²) in [6, 6.07) is 6.02. The number of benzene rings is 1. The Balaban J connectivity index is 0.00000200. The molecule has 1 aromatic rings. The molecule has 0 saturated heterocycles. The van der Waals surface area contributed by atoms with Gasteiger partial charge < -0.3 is 20.1 Å². The van der Waals surface area contributed by atoms with Gasteiger partial charge >= 0.3 is 0 Å². The second kappa shape index (κ2) is 8.68. The molecule has 1 heterocycles. The topological polar surface area (TPSA) is 54.9 Å². The molecule has 2 rings (SSSR count). The number of guanidine groups is 1. The molecule has 1 aromatic carbocycles. The van der Waals surface area contributed by atoms with E-state index in [9.17, 15) is 0 Å². The fraction of sp³-hybridized carbons (Fsp3) is 0.357. The molecule has 5 nitrogen and oxygen atoms in total. The summed E-state index contributed by atoms with van der Waals surface area (Å²) in [6.07, 6.45) is 2.69. The van der Waals surface area contributed by atoms with E-state index in [0.717, 1.165) is 30.4 Å². The molecule has 6 heteroatoms. The second-order valence-electron chi connectivity index (χ2n) is 4.11. The quantitative estimate of drug-likeness (QED) is 0.350. The van der Waals surface area contributed by atoms with Gasteiger partial charge in [-0.1, -0.05) is 12.1 Å². The maximum atomic E-state index is 5.35. The normalized spacial score (nSPS) is 12.6. The number of ether oxygens (including phenoxy) is 2. The molecule has 0 bridgehead atoms. The average molecular weight is 389 g/mol. The first-order chi connectivity index (χ1) is 9.33. The van der Waals surface area contributed by atoms with Gasteiger partial charge in [-0.15, -0.1) is 30.6 Å². The van der Waals surface area contributed by atoms with Crippen LogP contribution in [0.1, 0.15) is 5.56 Å². The van der Waals surface area contributed by atoms with Crippen molar-refractivity contribution < 1.29 is 9.47 Å². The summed E-state index contributed by atoms with van der Waals surface area (Å²) in [6.45, 7) is 5.47. The second-order valence-corrected chi connectivity index (χ2v) is 4.11. The lowest BCUT2D eigenvalue weighted by molar-refractivity contribution is 0.174. The Bertz CT molecular complexity index is 477. The number of fused-ring (bicyclic) bond motifs is 1. The van der Waals surface area contributed by atoms with Crippen LogP contribution in [0.4, 0.5) is 0 Å². The number of aliphatic imine (C=N–C) groups is 1. The van der Waals surface area contributed by atoms with Crippen LogP contribution in [-0.2, 0) is 6.42 Å². The minimum Gasteiger partial charge on any atom is -0.454 e. The Morgan fingerprint density at radius 1 is 1.35 bits per heavy atom. The monoisotopic (exact) mass is 389 g/mol. The molecule has 0 aromatic heterocycles. The lowest BCUT2D eigenvalue weighted by Crippen LogP contribution is -2.38. The number of rotatable bonds is 5. The Hall–Kier alpha value is -1.44. The minimum atomic E-state index is 0. The predicted octanol–water partition coefficient (Wildman–Crippen LogP) is 1.93. The van der Waals surface area contributed by atoms with Gasteiger partial charge in [0.1, 0.15) is 0 Å². The average Bonchev–Trinajstić information content (AvgIpc) is 2.90. The molecule has 0 fully saturated rings. The van der Waals surface area contributed by atoms with E-state index in [1.807, 2.05) is 12.1 Å². The zero-order valence-electron chi connectivity index (χ0n) is 11.5. The summed E-state index contributed by atoms with van der Waals surface area (Å²) in [4.78, 5) is 4.12. The molecule has 2 N–H and O–H groups in total. The molecule has 0 atom stereocenters. The van der Waals surface area contributed by atoms with Crippen molar-refractivity contribution in [1.29, 1.82) is 0 Å². The maximum Gasteiger partial charge on any atom is 0.231 e. The zero-order valence-corrected chi connectivity index (χ0v) is 13.8. The smallest absolute Gasteiger partial charge is 0.231 e. The highest BCUT2D eigenvalue weighted by Gasteiger charge is 2.12. The number of nitrogens with zero attached hydrogens (tertiary/aromatic N) is 1. The number of hydrogen-bond donors (Lipinski definition) is 2. The van der Waals surface area contributed by atoms with E-state index in [1.54, 1.807) is 13.1 Å². The van der Waals surface area contributed by atoms with Gasteiger partial charge in [-0.05, 0) is 24.1 Å².